The molecule has 0 saturated carbocycles. The van der Waals surface area contributed by atoms with Gasteiger partial charge in [-0.2, -0.15) is 5.10 Å². The number of ether oxygens (including phenoxy) is 2. The number of benzene rings is 3. The van der Waals surface area contributed by atoms with Crippen LogP contribution in [0.5, 0.6) is 11.5 Å². The van der Waals surface area contributed by atoms with Gasteiger partial charge in [0.2, 0.25) is 0 Å². The number of rotatable bonds is 7. The lowest BCUT2D eigenvalue weighted by molar-refractivity contribution is -0.119. The molecule has 1 aliphatic heterocycles. The minimum atomic E-state index is -4.03. The van der Waals surface area contributed by atoms with Gasteiger partial charge in [0.1, 0.15) is 19.8 Å². The molecular formula is C24H22ClN3O5S. The fourth-order valence-electron chi connectivity index (χ4n) is 3.46. The molecule has 0 aliphatic carbocycles. The predicted octanol–water partition coefficient (Wildman–Crippen LogP) is 3.77. The summed E-state index contributed by atoms with van der Waals surface area (Å²) in [6, 6.07) is 18.0. The molecule has 0 fully saturated rings. The third-order valence-corrected chi connectivity index (χ3v) is 7.04. The van der Waals surface area contributed by atoms with Crippen LogP contribution in [0.3, 0.4) is 0 Å². The minimum absolute atomic E-state index is 0.0636. The number of carbonyl (C=O) groups excluding carboxylic acids is 1. The van der Waals surface area contributed by atoms with E-state index in [0.29, 0.717) is 46.5 Å². The van der Waals surface area contributed by atoms with Crippen LogP contribution in [0.15, 0.2) is 76.7 Å². The van der Waals surface area contributed by atoms with Crippen molar-refractivity contribution in [3.8, 4) is 11.5 Å². The molecule has 0 aromatic heterocycles. The maximum Gasteiger partial charge on any atom is 0.264 e. The van der Waals surface area contributed by atoms with Crippen molar-refractivity contribution in [1.82, 2.24) is 5.43 Å². The second kappa shape index (κ2) is 10.1. The minimum Gasteiger partial charge on any atom is -0.486 e. The van der Waals surface area contributed by atoms with Crippen LogP contribution in [0.1, 0.15) is 11.1 Å². The summed E-state index contributed by atoms with van der Waals surface area (Å²) in [6.07, 6.45) is 1.43. The highest BCUT2D eigenvalue weighted by atomic mass is 35.5. The van der Waals surface area contributed by atoms with Gasteiger partial charge in [0.15, 0.2) is 11.5 Å². The first-order valence-electron chi connectivity index (χ1n) is 10.4. The van der Waals surface area contributed by atoms with Crippen LogP contribution < -0.4 is 19.2 Å². The van der Waals surface area contributed by atoms with Crippen molar-refractivity contribution in [3.63, 3.8) is 0 Å². The topological polar surface area (TPSA) is 97.3 Å². The number of amides is 1. The van der Waals surface area contributed by atoms with E-state index >= 15 is 0 Å². The summed E-state index contributed by atoms with van der Waals surface area (Å²) in [6.45, 7) is 2.12. The van der Waals surface area contributed by atoms with E-state index in [2.05, 4.69) is 10.5 Å². The van der Waals surface area contributed by atoms with Gasteiger partial charge in [0.05, 0.1) is 16.8 Å². The summed E-state index contributed by atoms with van der Waals surface area (Å²) < 4.78 is 39.0. The van der Waals surface area contributed by atoms with Gasteiger partial charge in [-0.1, -0.05) is 35.9 Å². The van der Waals surface area contributed by atoms with Gasteiger partial charge in [0, 0.05) is 10.6 Å². The number of hydrogen-bond acceptors (Lipinski definition) is 6. The molecule has 1 N–H and O–H groups in total. The van der Waals surface area contributed by atoms with E-state index in [9.17, 15) is 13.2 Å². The number of sulfonamides is 1. The van der Waals surface area contributed by atoms with Crippen molar-refractivity contribution in [3.05, 3.63) is 82.9 Å². The highest BCUT2D eigenvalue weighted by Crippen LogP contribution is 2.32. The normalized spacial score (nSPS) is 13.0. The number of nitrogens with one attached hydrogen (secondary N) is 1. The van der Waals surface area contributed by atoms with Crippen molar-refractivity contribution in [1.29, 1.82) is 0 Å². The van der Waals surface area contributed by atoms with Crippen LogP contribution in [0.25, 0.3) is 0 Å². The predicted molar refractivity (Wildman–Crippen MR) is 130 cm³/mol. The molecule has 10 heteroatoms. The molecular weight excluding hydrogens is 478 g/mol. The van der Waals surface area contributed by atoms with Crippen molar-refractivity contribution in [2.24, 2.45) is 5.10 Å². The van der Waals surface area contributed by atoms with Crippen LogP contribution in [-0.4, -0.2) is 40.3 Å². The summed E-state index contributed by atoms with van der Waals surface area (Å²) >= 11 is 6.05. The summed E-state index contributed by atoms with van der Waals surface area (Å²) in [7, 11) is -4.03. The molecule has 0 atom stereocenters. The summed E-state index contributed by atoms with van der Waals surface area (Å²) in [5.74, 6) is 0.517. The molecule has 3 aromatic rings. The van der Waals surface area contributed by atoms with Gasteiger partial charge < -0.3 is 9.47 Å². The van der Waals surface area contributed by atoms with Crippen molar-refractivity contribution in [2.75, 3.05) is 24.1 Å². The monoisotopic (exact) mass is 499 g/mol. The first-order chi connectivity index (χ1) is 16.4. The summed E-state index contributed by atoms with van der Waals surface area (Å²) in [5.41, 5.74) is 3.97. The number of nitrogens with zero attached hydrogens (tertiary/aromatic N) is 2. The van der Waals surface area contributed by atoms with Gasteiger partial charge in [-0.05, 0) is 55.0 Å². The number of hydrazone groups is 1. The number of anilines is 1. The molecule has 1 heterocycles. The van der Waals surface area contributed by atoms with Crippen LogP contribution in [0.2, 0.25) is 5.02 Å². The lowest BCUT2D eigenvalue weighted by atomic mass is 10.2. The van der Waals surface area contributed by atoms with E-state index in [1.165, 1.54) is 18.3 Å². The van der Waals surface area contributed by atoms with Gasteiger partial charge >= 0.3 is 0 Å². The molecule has 0 radical (unpaired) electrons. The van der Waals surface area contributed by atoms with E-state index in [4.69, 9.17) is 21.1 Å². The number of aryl methyl sites for hydroxylation is 1. The van der Waals surface area contributed by atoms with Crippen molar-refractivity contribution < 1.29 is 22.7 Å². The first kappa shape index (κ1) is 23.6. The van der Waals surface area contributed by atoms with Crippen LogP contribution >= 0.6 is 11.6 Å². The molecule has 3 aromatic carbocycles. The smallest absolute Gasteiger partial charge is 0.264 e. The quantitative estimate of drug-likeness (QED) is 0.394. The van der Waals surface area contributed by atoms with E-state index in [0.717, 1.165) is 4.31 Å². The van der Waals surface area contributed by atoms with Crippen LogP contribution in [0, 0.1) is 6.92 Å². The third kappa shape index (κ3) is 5.16. The number of hydrogen-bond donors (Lipinski definition) is 1. The largest absolute Gasteiger partial charge is 0.486 e. The summed E-state index contributed by atoms with van der Waals surface area (Å²) in [4.78, 5) is 12.8. The Balaban J connectivity index is 1.57. The second-order valence-electron chi connectivity index (χ2n) is 7.42. The summed E-state index contributed by atoms with van der Waals surface area (Å²) in [5, 5.41) is 4.45. The first-order valence-corrected chi connectivity index (χ1v) is 12.2. The zero-order valence-electron chi connectivity index (χ0n) is 18.3. The molecule has 0 unspecified atom stereocenters. The van der Waals surface area contributed by atoms with Crippen LogP contribution in [-0.2, 0) is 14.8 Å². The molecule has 0 spiro atoms. The molecule has 8 nitrogen and oxygen atoms in total. The molecule has 176 valence electrons. The lowest BCUT2D eigenvalue weighted by Crippen LogP contribution is -2.40. The lowest BCUT2D eigenvalue weighted by Gasteiger charge is -2.25. The van der Waals surface area contributed by atoms with E-state index in [1.807, 2.05) is 0 Å². The van der Waals surface area contributed by atoms with Gasteiger partial charge in [-0.25, -0.2) is 13.8 Å². The van der Waals surface area contributed by atoms with E-state index < -0.39 is 22.5 Å². The average Bonchev–Trinajstić information content (AvgIpc) is 2.83. The maximum atomic E-state index is 13.4. The van der Waals surface area contributed by atoms with E-state index in [1.54, 1.807) is 61.5 Å². The van der Waals surface area contributed by atoms with Gasteiger partial charge in [-0.15, -0.1) is 0 Å². The second-order valence-corrected chi connectivity index (χ2v) is 9.72. The Morgan fingerprint density at radius 3 is 2.62 bits per heavy atom. The Labute approximate surface area is 202 Å². The zero-order chi connectivity index (χ0) is 24.1. The Hall–Kier alpha value is -3.56. The molecule has 34 heavy (non-hydrogen) atoms. The third-order valence-electron chi connectivity index (χ3n) is 5.04. The maximum absolute atomic E-state index is 13.4. The number of halogens is 1. The van der Waals surface area contributed by atoms with E-state index in [-0.39, 0.29) is 4.90 Å². The molecule has 1 amide bonds. The molecule has 0 saturated heterocycles. The SMILES string of the molecule is Cc1cc(Cl)ccc1N(CC(=O)N/N=C\c1cccc2c1OCCO2)S(=O)(=O)c1ccccc1. The number of fused-ring (bicyclic) bond motifs is 1. The molecule has 0 bridgehead atoms. The van der Waals surface area contributed by atoms with Gasteiger partial charge in [-0.3, -0.25) is 9.10 Å². The van der Waals surface area contributed by atoms with Crippen LogP contribution in [0.4, 0.5) is 5.69 Å². The van der Waals surface area contributed by atoms with Crippen molar-refractivity contribution >= 4 is 39.4 Å². The molecule has 1 aliphatic rings. The number of para-hydroxylation sites is 1. The fraction of sp³-hybridized carbons (Fsp3) is 0.167. The highest BCUT2D eigenvalue weighted by molar-refractivity contribution is 7.92. The fourth-order valence-corrected chi connectivity index (χ4v) is 5.19. The highest BCUT2D eigenvalue weighted by Gasteiger charge is 2.28. The average molecular weight is 500 g/mol. The standard InChI is InChI=1S/C24H22ClN3O5S/c1-17-14-19(25)10-11-21(17)28(34(30,31)20-7-3-2-4-8-20)16-23(29)27-26-15-18-6-5-9-22-24(18)33-13-12-32-22/h2-11,14-15H,12-13,16H2,1H3,(H,27,29)/b26-15-. The Kier molecular flexibility index (Phi) is 7.04. The number of carbonyl (C=O) groups is 1. The Bertz CT molecular complexity index is 1330. The zero-order valence-corrected chi connectivity index (χ0v) is 19.8. The van der Waals surface area contributed by atoms with Crippen molar-refractivity contribution in [2.45, 2.75) is 11.8 Å². The Morgan fingerprint density at radius 1 is 1.09 bits per heavy atom. The van der Waals surface area contributed by atoms with Gasteiger partial charge in [0.25, 0.3) is 15.9 Å². The molecule has 4 rings (SSSR count). The Morgan fingerprint density at radius 2 is 1.85 bits per heavy atom.